The minimum Gasteiger partial charge on any atom is -0.459 e. The van der Waals surface area contributed by atoms with Gasteiger partial charge in [-0.2, -0.15) is 0 Å². The van der Waals surface area contributed by atoms with E-state index in [9.17, 15) is 9.90 Å². The van der Waals surface area contributed by atoms with Crippen molar-refractivity contribution >= 4 is 5.91 Å². The van der Waals surface area contributed by atoms with Crippen molar-refractivity contribution in [3.05, 3.63) is 24.2 Å². The van der Waals surface area contributed by atoms with Gasteiger partial charge in [-0.1, -0.05) is 0 Å². The molecule has 1 aromatic heterocycles. The van der Waals surface area contributed by atoms with Gasteiger partial charge < -0.3 is 24.1 Å². The number of hydrogen-bond acceptors (Lipinski definition) is 5. The number of likely N-dealkylation sites (N-methyl/N-ethyl adjacent to an activating group) is 1. The quantitative estimate of drug-likeness (QED) is 0.795. The molecule has 118 valence electrons. The van der Waals surface area contributed by atoms with Crippen LogP contribution in [-0.4, -0.2) is 74.4 Å². The Kier molecular flexibility index (Phi) is 5.78. The Bertz CT molecular complexity index is 435. The number of rotatable bonds is 7. The Morgan fingerprint density at radius 2 is 2.29 bits per heavy atom. The molecule has 2 atom stereocenters. The average molecular weight is 296 g/mol. The van der Waals surface area contributed by atoms with Crippen LogP contribution in [0.25, 0.3) is 0 Å². The molecular formula is C15H24N2O4. The molecule has 1 aliphatic heterocycles. The lowest BCUT2D eigenvalue weighted by Crippen LogP contribution is -2.33. The molecule has 2 rings (SSSR count). The number of carbonyl (C=O) groups is 1. The van der Waals surface area contributed by atoms with Gasteiger partial charge in [0.15, 0.2) is 5.76 Å². The van der Waals surface area contributed by atoms with E-state index in [2.05, 4.69) is 4.90 Å². The smallest absolute Gasteiger partial charge is 0.289 e. The Morgan fingerprint density at radius 3 is 2.90 bits per heavy atom. The highest BCUT2D eigenvalue weighted by Gasteiger charge is 2.36. The number of hydrogen-bond donors (Lipinski definition) is 1. The van der Waals surface area contributed by atoms with Gasteiger partial charge in [0.05, 0.1) is 12.9 Å². The summed E-state index contributed by atoms with van der Waals surface area (Å²) in [5, 5.41) is 9.55. The van der Waals surface area contributed by atoms with Crippen molar-refractivity contribution in [2.75, 3.05) is 53.6 Å². The third-order valence-electron chi connectivity index (χ3n) is 4.05. The summed E-state index contributed by atoms with van der Waals surface area (Å²) in [5.74, 6) is 0.658. The number of carbonyl (C=O) groups excluding carboxylic acids is 1. The second-order valence-electron chi connectivity index (χ2n) is 5.65. The standard InChI is InChI=1S/C15H24N2O4/c1-16(5-7-20-2)8-12-9-17(10-13(12)11-18)15(19)14-4-3-6-21-14/h3-4,6,12-13,18H,5,7-11H2,1-2H3/t12-,13-/m1/s1. The molecule has 21 heavy (non-hydrogen) atoms. The number of methoxy groups -OCH3 is 1. The molecule has 0 aliphatic carbocycles. The Morgan fingerprint density at radius 1 is 1.52 bits per heavy atom. The topological polar surface area (TPSA) is 66.2 Å². The second-order valence-corrected chi connectivity index (χ2v) is 5.65. The van der Waals surface area contributed by atoms with E-state index in [4.69, 9.17) is 9.15 Å². The monoisotopic (exact) mass is 296 g/mol. The highest BCUT2D eigenvalue weighted by Crippen LogP contribution is 2.25. The molecule has 6 heteroatoms. The molecule has 1 aliphatic rings. The molecule has 0 radical (unpaired) electrons. The van der Waals surface area contributed by atoms with Gasteiger partial charge in [0.25, 0.3) is 5.91 Å². The molecule has 0 saturated carbocycles. The van der Waals surface area contributed by atoms with Crippen molar-refractivity contribution in [2.45, 2.75) is 0 Å². The fourth-order valence-corrected chi connectivity index (χ4v) is 2.81. The van der Waals surface area contributed by atoms with E-state index in [1.54, 1.807) is 24.1 Å². The zero-order valence-corrected chi connectivity index (χ0v) is 12.7. The van der Waals surface area contributed by atoms with Crippen molar-refractivity contribution in [1.29, 1.82) is 0 Å². The lowest BCUT2D eigenvalue weighted by atomic mass is 9.96. The molecule has 0 aromatic carbocycles. The summed E-state index contributed by atoms with van der Waals surface area (Å²) in [6.45, 7) is 3.71. The molecule has 0 unspecified atom stereocenters. The molecular weight excluding hydrogens is 272 g/mol. The van der Waals surface area contributed by atoms with Gasteiger partial charge in [0, 0.05) is 45.8 Å². The summed E-state index contributed by atoms with van der Waals surface area (Å²) in [4.78, 5) is 16.2. The number of aliphatic hydroxyl groups excluding tert-OH is 1. The molecule has 0 spiro atoms. The van der Waals surface area contributed by atoms with Gasteiger partial charge in [-0.3, -0.25) is 4.79 Å². The molecule has 1 N–H and O–H groups in total. The lowest BCUT2D eigenvalue weighted by molar-refractivity contribution is 0.0747. The lowest BCUT2D eigenvalue weighted by Gasteiger charge is -2.23. The van der Waals surface area contributed by atoms with Crippen molar-refractivity contribution in [1.82, 2.24) is 9.80 Å². The Balaban J connectivity index is 1.92. The molecule has 1 amide bonds. The van der Waals surface area contributed by atoms with Crippen LogP contribution in [0.3, 0.4) is 0 Å². The van der Waals surface area contributed by atoms with Gasteiger partial charge in [0.2, 0.25) is 0 Å². The fraction of sp³-hybridized carbons (Fsp3) is 0.667. The van der Waals surface area contributed by atoms with E-state index in [1.165, 1.54) is 6.26 Å². The largest absolute Gasteiger partial charge is 0.459 e. The first-order valence-corrected chi connectivity index (χ1v) is 7.26. The van der Waals surface area contributed by atoms with Crippen LogP contribution in [0.5, 0.6) is 0 Å². The highest BCUT2D eigenvalue weighted by molar-refractivity contribution is 5.91. The number of amides is 1. The van der Waals surface area contributed by atoms with Crippen molar-refractivity contribution in [2.24, 2.45) is 11.8 Å². The summed E-state index contributed by atoms with van der Waals surface area (Å²) in [6, 6.07) is 3.39. The minimum atomic E-state index is -0.0968. The third-order valence-corrected chi connectivity index (χ3v) is 4.05. The van der Waals surface area contributed by atoms with Crippen molar-refractivity contribution < 1.29 is 19.1 Å². The molecule has 0 bridgehead atoms. The van der Waals surface area contributed by atoms with Gasteiger partial charge >= 0.3 is 0 Å². The molecule has 1 fully saturated rings. The van der Waals surface area contributed by atoms with E-state index in [0.717, 1.165) is 13.1 Å². The Labute approximate surface area is 125 Å². The fourth-order valence-electron chi connectivity index (χ4n) is 2.81. The predicted molar refractivity (Wildman–Crippen MR) is 78.1 cm³/mol. The van der Waals surface area contributed by atoms with Crippen molar-refractivity contribution in [3.8, 4) is 0 Å². The van der Waals surface area contributed by atoms with Crippen LogP contribution in [0.4, 0.5) is 0 Å². The maximum Gasteiger partial charge on any atom is 0.289 e. The van der Waals surface area contributed by atoms with E-state index in [0.29, 0.717) is 25.5 Å². The first-order chi connectivity index (χ1) is 10.2. The number of ether oxygens (including phenoxy) is 1. The van der Waals surface area contributed by atoms with Gasteiger partial charge in [0.1, 0.15) is 0 Å². The van der Waals surface area contributed by atoms with Crippen LogP contribution < -0.4 is 0 Å². The molecule has 6 nitrogen and oxygen atoms in total. The van der Waals surface area contributed by atoms with E-state index < -0.39 is 0 Å². The van der Waals surface area contributed by atoms with Crippen LogP contribution in [0.15, 0.2) is 22.8 Å². The van der Waals surface area contributed by atoms with E-state index in [-0.39, 0.29) is 24.3 Å². The SMILES string of the molecule is COCCN(C)C[C@@H]1CN(C(=O)c2ccco2)C[C@@H]1CO. The summed E-state index contributed by atoms with van der Waals surface area (Å²) < 4.78 is 10.2. The summed E-state index contributed by atoms with van der Waals surface area (Å²) in [5.41, 5.74) is 0. The maximum absolute atomic E-state index is 12.3. The average Bonchev–Trinajstić information content (AvgIpc) is 3.13. The zero-order valence-electron chi connectivity index (χ0n) is 12.7. The molecule has 1 saturated heterocycles. The first-order valence-electron chi connectivity index (χ1n) is 7.26. The molecule has 2 heterocycles. The summed E-state index contributed by atoms with van der Waals surface area (Å²) >= 11 is 0. The molecule has 1 aromatic rings. The summed E-state index contributed by atoms with van der Waals surface area (Å²) in [6.07, 6.45) is 1.50. The number of nitrogens with zero attached hydrogens (tertiary/aromatic N) is 2. The van der Waals surface area contributed by atoms with E-state index >= 15 is 0 Å². The predicted octanol–water partition coefficient (Wildman–Crippen LogP) is 0.538. The zero-order chi connectivity index (χ0) is 15.2. The first kappa shape index (κ1) is 16.0. The van der Waals surface area contributed by atoms with Crippen LogP contribution in [0.1, 0.15) is 10.6 Å². The number of likely N-dealkylation sites (tertiary alicyclic amines) is 1. The van der Waals surface area contributed by atoms with Crippen LogP contribution >= 0.6 is 0 Å². The summed E-state index contributed by atoms with van der Waals surface area (Å²) in [7, 11) is 3.72. The van der Waals surface area contributed by atoms with Crippen LogP contribution in [-0.2, 0) is 4.74 Å². The normalized spacial score (nSPS) is 22.2. The third kappa shape index (κ3) is 4.06. The van der Waals surface area contributed by atoms with Gasteiger partial charge in [-0.05, 0) is 25.1 Å². The number of furan rings is 1. The minimum absolute atomic E-state index is 0.0968. The van der Waals surface area contributed by atoms with Gasteiger partial charge in [-0.25, -0.2) is 0 Å². The Hall–Kier alpha value is -1.37. The van der Waals surface area contributed by atoms with E-state index in [1.807, 2.05) is 7.05 Å². The number of aliphatic hydroxyl groups is 1. The second kappa shape index (κ2) is 7.59. The maximum atomic E-state index is 12.3. The van der Waals surface area contributed by atoms with Crippen LogP contribution in [0.2, 0.25) is 0 Å². The van der Waals surface area contributed by atoms with Crippen LogP contribution in [0, 0.1) is 11.8 Å². The highest BCUT2D eigenvalue weighted by atomic mass is 16.5. The van der Waals surface area contributed by atoms with Gasteiger partial charge in [-0.15, -0.1) is 0 Å². The van der Waals surface area contributed by atoms with Crippen molar-refractivity contribution in [3.63, 3.8) is 0 Å².